The molecule has 1 aliphatic heterocycles. The molecule has 0 saturated heterocycles. The van der Waals surface area contributed by atoms with E-state index in [-0.39, 0.29) is 11.2 Å². The standard InChI is InChI=1S/C16H17N3O2S/c1-21-8-11-12-14(10(16(18)20)7-19-15(12)17)22-13(11)9-5-3-2-4-6-9/h2-7,11,13H,8H2,1H3,(H2,17,19)(H2,18,20). The number of carbonyl (C=O) groups is 1. The van der Waals surface area contributed by atoms with Crippen LogP contribution in [0.2, 0.25) is 0 Å². The Hall–Kier alpha value is -2.05. The fourth-order valence-corrected chi connectivity index (χ4v) is 4.43. The number of hydrogen-bond acceptors (Lipinski definition) is 5. The van der Waals surface area contributed by atoms with Gasteiger partial charge in [-0.25, -0.2) is 4.98 Å². The Morgan fingerprint density at radius 1 is 1.36 bits per heavy atom. The van der Waals surface area contributed by atoms with E-state index in [0.29, 0.717) is 18.0 Å². The Kier molecular flexibility index (Phi) is 4.04. The Morgan fingerprint density at radius 2 is 2.09 bits per heavy atom. The summed E-state index contributed by atoms with van der Waals surface area (Å²) in [6.45, 7) is 0.508. The van der Waals surface area contributed by atoms with Gasteiger partial charge < -0.3 is 16.2 Å². The topological polar surface area (TPSA) is 91.2 Å². The van der Waals surface area contributed by atoms with Crippen molar-refractivity contribution in [1.82, 2.24) is 4.98 Å². The molecule has 0 fully saturated rings. The number of pyridine rings is 1. The van der Waals surface area contributed by atoms with Crippen molar-refractivity contribution < 1.29 is 9.53 Å². The molecule has 0 bridgehead atoms. The monoisotopic (exact) mass is 315 g/mol. The van der Waals surface area contributed by atoms with Crippen LogP contribution >= 0.6 is 11.8 Å². The summed E-state index contributed by atoms with van der Waals surface area (Å²) in [7, 11) is 1.66. The summed E-state index contributed by atoms with van der Waals surface area (Å²) in [5, 5.41) is 0.126. The Labute approximate surface area is 133 Å². The second-order valence-electron chi connectivity index (χ2n) is 5.18. The van der Waals surface area contributed by atoms with E-state index in [1.165, 1.54) is 11.8 Å². The molecule has 1 aromatic heterocycles. The first-order valence-corrected chi connectivity index (χ1v) is 7.80. The molecule has 22 heavy (non-hydrogen) atoms. The quantitative estimate of drug-likeness (QED) is 0.903. The molecule has 2 atom stereocenters. The molecular weight excluding hydrogens is 298 g/mol. The number of anilines is 1. The van der Waals surface area contributed by atoms with E-state index in [0.717, 1.165) is 10.5 Å². The summed E-state index contributed by atoms with van der Waals surface area (Å²) in [5.41, 5.74) is 14.0. The van der Waals surface area contributed by atoms with Crippen LogP contribution in [0.1, 0.15) is 32.7 Å². The van der Waals surface area contributed by atoms with Gasteiger partial charge in [0.25, 0.3) is 5.91 Å². The third-order valence-electron chi connectivity index (χ3n) is 3.82. The number of fused-ring (bicyclic) bond motifs is 1. The number of rotatable bonds is 4. The van der Waals surface area contributed by atoms with Gasteiger partial charge in [-0.3, -0.25) is 4.79 Å². The van der Waals surface area contributed by atoms with Crippen LogP contribution in [0.4, 0.5) is 5.82 Å². The minimum Gasteiger partial charge on any atom is -0.384 e. The zero-order valence-electron chi connectivity index (χ0n) is 12.2. The molecule has 0 spiro atoms. The van der Waals surface area contributed by atoms with Crippen LogP contribution < -0.4 is 11.5 Å². The van der Waals surface area contributed by atoms with E-state index in [1.54, 1.807) is 18.9 Å². The number of hydrogen-bond donors (Lipinski definition) is 2. The van der Waals surface area contributed by atoms with E-state index in [9.17, 15) is 4.79 Å². The van der Waals surface area contributed by atoms with Gasteiger partial charge in [0, 0.05) is 34.9 Å². The van der Waals surface area contributed by atoms with Crippen LogP contribution in [0.15, 0.2) is 41.4 Å². The lowest BCUT2D eigenvalue weighted by molar-refractivity contribution is 0.0997. The van der Waals surface area contributed by atoms with Gasteiger partial charge in [0.05, 0.1) is 12.2 Å². The lowest BCUT2D eigenvalue weighted by atomic mass is 9.92. The van der Waals surface area contributed by atoms with Gasteiger partial charge in [0.2, 0.25) is 0 Å². The Morgan fingerprint density at radius 3 is 2.73 bits per heavy atom. The number of nitrogens with two attached hydrogens (primary N) is 2. The molecule has 4 N–H and O–H groups in total. The summed E-state index contributed by atoms with van der Waals surface area (Å²) >= 11 is 1.61. The fraction of sp³-hybridized carbons (Fsp3) is 0.250. The summed E-state index contributed by atoms with van der Waals surface area (Å²) in [5.74, 6) is -0.00619. The number of aromatic nitrogens is 1. The maximum Gasteiger partial charge on any atom is 0.251 e. The molecule has 0 radical (unpaired) electrons. The predicted molar refractivity (Wildman–Crippen MR) is 86.8 cm³/mol. The van der Waals surface area contributed by atoms with Gasteiger partial charge in [0.1, 0.15) is 5.82 Å². The number of amides is 1. The highest BCUT2D eigenvalue weighted by Gasteiger charge is 2.38. The summed E-state index contributed by atoms with van der Waals surface area (Å²) in [6.07, 6.45) is 1.46. The normalized spacial score (nSPS) is 19.9. The predicted octanol–water partition coefficient (Wildman–Crippen LogP) is 2.34. The van der Waals surface area contributed by atoms with E-state index in [4.69, 9.17) is 16.2 Å². The summed E-state index contributed by atoms with van der Waals surface area (Å²) < 4.78 is 5.38. The van der Waals surface area contributed by atoms with Crippen molar-refractivity contribution in [3.8, 4) is 0 Å². The first-order chi connectivity index (χ1) is 10.6. The van der Waals surface area contributed by atoms with Crippen LogP contribution in [0.25, 0.3) is 0 Å². The van der Waals surface area contributed by atoms with Gasteiger partial charge in [-0.2, -0.15) is 0 Å². The van der Waals surface area contributed by atoms with Gasteiger partial charge >= 0.3 is 0 Å². The van der Waals surface area contributed by atoms with E-state index in [2.05, 4.69) is 17.1 Å². The molecule has 3 rings (SSSR count). The number of nitrogen functional groups attached to an aromatic ring is 1. The zero-order chi connectivity index (χ0) is 15.7. The van der Waals surface area contributed by atoms with Gasteiger partial charge in [-0.05, 0) is 5.56 Å². The highest BCUT2D eigenvalue weighted by atomic mass is 32.2. The molecule has 6 heteroatoms. The SMILES string of the molecule is COCC1c2c(N)ncc(C(N)=O)c2SC1c1ccccc1. The maximum atomic E-state index is 11.7. The molecule has 0 saturated carbocycles. The highest BCUT2D eigenvalue weighted by Crippen LogP contribution is 2.56. The van der Waals surface area contributed by atoms with Crippen molar-refractivity contribution in [3.05, 3.63) is 53.2 Å². The number of ether oxygens (including phenoxy) is 1. The highest BCUT2D eigenvalue weighted by molar-refractivity contribution is 8.00. The van der Waals surface area contributed by atoms with E-state index < -0.39 is 5.91 Å². The van der Waals surface area contributed by atoms with Crippen molar-refractivity contribution in [2.45, 2.75) is 16.1 Å². The molecular formula is C16H17N3O2S. The second kappa shape index (κ2) is 5.98. The van der Waals surface area contributed by atoms with Gasteiger partial charge in [-0.15, -0.1) is 11.8 Å². The molecule has 2 aromatic rings. The largest absolute Gasteiger partial charge is 0.384 e. The molecule has 1 aliphatic rings. The summed E-state index contributed by atoms with van der Waals surface area (Å²) in [6, 6.07) is 10.1. The van der Waals surface area contributed by atoms with Crippen LogP contribution in [-0.2, 0) is 4.74 Å². The third kappa shape index (κ3) is 2.44. The van der Waals surface area contributed by atoms with Crippen LogP contribution in [0.3, 0.4) is 0 Å². The van der Waals surface area contributed by atoms with Crippen molar-refractivity contribution in [2.75, 3.05) is 19.5 Å². The summed E-state index contributed by atoms with van der Waals surface area (Å²) in [4.78, 5) is 16.6. The maximum absolute atomic E-state index is 11.7. The average Bonchev–Trinajstić information content (AvgIpc) is 2.89. The number of carbonyl (C=O) groups excluding carboxylic acids is 1. The molecule has 2 heterocycles. The smallest absolute Gasteiger partial charge is 0.251 e. The third-order valence-corrected chi connectivity index (χ3v) is 5.35. The minimum atomic E-state index is -0.485. The average molecular weight is 315 g/mol. The van der Waals surface area contributed by atoms with Gasteiger partial charge in [-0.1, -0.05) is 30.3 Å². The molecule has 114 valence electrons. The number of thioether (sulfide) groups is 1. The van der Waals surface area contributed by atoms with Crippen molar-refractivity contribution in [2.24, 2.45) is 5.73 Å². The van der Waals surface area contributed by atoms with Crippen LogP contribution in [-0.4, -0.2) is 24.6 Å². The van der Waals surface area contributed by atoms with E-state index in [1.807, 2.05) is 18.2 Å². The van der Waals surface area contributed by atoms with Crippen molar-refractivity contribution >= 4 is 23.5 Å². The number of nitrogens with zero attached hydrogens (tertiary/aromatic N) is 1. The van der Waals surface area contributed by atoms with E-state index >= 15 is 0 Å². The lowest BCUT2D eigenvalue weighted by Crippen LogP contribution is -2.15. The number of methoxy groups -OCH3 is 1. The van der Waals surface area contributed by atoms with Crippen molar-refractivity contribution in [3.63, 3.8) is 0 Å². The number of primary amides is 1. The van der Waals surface area contributed by atoms with Gasteiger partial charge in [0.15, 0.2) is 0 Å². The molecule has 5 nitrogen and oxygen atoms in total. The van der Waals surface area contributed by atoms with Crippen molar-refractivity contribution in [1.29, 1.82) is 0 Å². The number of benzene rings is 1. The second-order valence-corrected chi connectivity index (χ2v) is 6.33. The zero-order valence-corrected chi connectivity index (χ0v) is 13.0. The molecule has 2 unspecified atom stereocenters. The Bertz CT molecular complexity index is 706. The fourth-order valence-electron chi connectivity index (χ4n) is 2.84. The molecule has 0 aliphatic carbocycles. The minimum absolute atomic E-state index is 0.0409. The first-order valence-electron chi connectivity index (χ1n) is 6.92. The molecule has 1 amide bonds. The van der Waals surface area contributed by atoms with Crippen LogP contribution in [0.5, 0.6) is 0 Å². The molecule has 1 aromatic carbocycles. The lowest BCUT2D eigenvalue weighted by Gasteiger charge is -2.19. The van der Waals surface area contributed by atoms with Crippen LogP contribution in [0, 0.1) is 0 Å². The Balaban J connectivity index is 2.12. The first kappa shape index (κ1) is 14.9.